The Morgan fingerprint density at radius 2 is 1.76 bits per heavy atom. The van der Waals surface area contributed by atoms with Crippen LogP contribution in [0.2, 0.25) is 0 Å². The average molecular weight is 606 g/mol. The van der Waals surface area contributed by atoms with Crippen LogP contribution in [0.15, 0.2) is 66.9 Å². The molecule has 2 N–H and O–H groups in total. The van der Waals surface area contributed by atoms with Crippen LogP contribution in [0.4, 0.5) is 17.6 Å². The van der Waals surface area contributed by atoms with Gasteiger partial charge in [0.1, 0.15) is 11.6 Å². The number of aromatic nitrogens is 1. The lowest BCUT2D eigenvalue weighted by Gasteiger charge is -2.32. The van der Waals surface area contributed by atoms with Crippen molar-refractivity contribution in [2.45, 2.75) is 38.2 Å². The van der Waals surface area contributed by atoms with Gasteiger partial charge in [-0.3, -0.25) is 4.79 Å². The van der Waals surface area contributed by atoms with Crippen LogP contribution in [0.25, 0.3) is 22.0 Å². The van der Waals surface area contributed by atoms with Crippen molar-refractivity contribution >= 4 is 29.2 Å². The van der Waals surface area contributed by atoms with Gasteiger partial charge >= 0.3 is 6.36 Å². The van der Waals surface area contributed by atoms with Gasteiger partial charge in [-0.25, -0.2) is 4.39 Å². The summed E-state index contributed by atoms with van der Waals surface area (Å²) in [6.45, 7) is 2.21. The monoisotopic (exact) mass is 605 g/mol. The zero-order valence-corrected chi connectivity index (χ0v) is 23.8. The van der Waals surface area contributed by atoms with Crippen LogP contribution in [0.1, 0.15) is 40.2 Å². The van der Waals surface area contributed by atoms with Gasteiger partial charge in [-0.1, -0.05) is 36.4 Å². The molecule has 1 fully saturated rings. The first-order chi connectivity index (χ1) is 19.7. The molecular formula is C31H32ClF4N3O3. The molecule has 224 valence electrons. The number of rotatable bonds is 8. The maximum absolute atomic E-state index is 14.6. The summed E-state index contributed by atoms with van der Waals surface area (Å²) >= 11 is 0. The Kier molecular flexibility index (Phi) is 9.81. The predicted octanol–water partition coefficient (Wildman–Crippen LogP) is 6.89. The summed E-state index contributed by atoms with van der Waals surface area (Å²) in [6.07, 6.45) is -1.74. The Morgan fingerprint density at radius 1 is 1.05 bits per heavy atom. The van der Waals surface area contributed by atoms with Gasteiger partial charge in [-0.15, -0.1) is 25.6 Å². The molecule has 2 heterocycles. The van der Waals surface area contributed by atoms with Crippen LogP contribution in [-0.4, -0.2) is 48.5 Å². The normalized spacial score (nSPS) is 14.2. The van der Waals surface area contributed by atoms with Gasteiger partial charge in [0.15, 0.2) is 0 Å². The second kappa shape index (κ2) is 13.1. The van der Waals surface area contributed by atoms with Crippen LogP contribution in [0.5, 0.6) is 5.75 Å². The number of hydrogen-bond donors (Lipinski definition) is 1. The van der Waals surface area contributed by atoms with Crippen LogP contribution >= 0.6 is 12.4 Å². The van der Waals surface area contributed by atoms with Crippen molar-refractivity contribution in [1.82, 2.24) is 9.47 Å². The molecule has 0 bridgehead atoms. The van der Waals surface area contributed by atoms with Crippen molar-refractivity contribution in [2.75, 3.05) is 26.8 Å². The average Bonchev–Trinajstić information content (AvgIpc) is 3.34. The fraction of sp³-hybridized carbons (Fsp3) is 0.323. The molecule has 4 aromatic rings. The van der Waals surface area contributed by atoms with Gasteiger partial charge in [-0.2, -0.15) is 0 Å². The summed E-state index contributed by atoms with van der Waals surface area (Å²) in [4.78, 5) is 15.7. The minimum absolute atomic E-state index is 0. The zero-order valence-electron chi connectivity index (χ0n) is 23.0. The van der Waals surface area contributed by atoms with E-state index in [1.165, 1.54) is 18.2 Å². The molecule has 0 spiro atoms. The standard InChI is InChI=1S/C31H31F4N3O3.ClH/c1-40-16-15-38-19-26(30(39)37-13-11-22(12-14-37)25-17-20(18-36)5-10-27(25)32)29-24(3-2-4-28(29)38)21-6-8-23(9-7-21)41-31(33,34)35;/h2-10,17,19,22H,11-16,18,36H2,1H3;1H. The van der Waals surface area contributed by atoms with Crippen molar-refractivity contribution < 1.29 is 31.8 Å². The number of amides is 1. The highest BCUT2D eigenvalue weighted by Gasteiger charge is 2.31. The predicted molar refractivity (Wildman–Crippen MR) is 155 cm³/mol. The molecule has 1 aliphatic rings. The van der Waals surface area contributed by atoms with E-state index in [1.54, 1.807) is 30.2 Å². The fourth-order valence-corrected chi connectivity index (χ4v) is 5.56. The minimum atomic E-state index is -4.79. The second-order valence-corrected chi connectivity index (χ2v) is 10.1. The van der Waals surface area contributed by atoms with E-state index in [1.807, 2.05) is 35.0 Å². The van der Waals surface area contributed by atoms with Crippen molar-refractivity contribution in [1.29, 1.82) is 0 Å². The first kappa shape index (κ1) is 31.3. The van der Waals surface area contributed by atoms with E-state index in [9.17, 15) is 22.4 Å². The third-order valence-corrected chi connectivity index (χ3v) is 7.59. The third-order valence-electron chi connectivity index (χ3n) is 7.59. The number of piperidine rings is 1. The lowest BCUT2D eigenvalue weighted by Crippen LogP contribution is -2.38. The van der Waals surface area contributed by atoms with Crippen molar-refractivity contribution in [2.24, 2.45) is 5.73 Å². The number of fused-ring (bicyclic) bond motifs is 1. The van der Waals surface area contributed by atoms with E-state index >= 15 is 0 Å². The van der Waals surface area contributed by atoms with Crippen LogP contribution < -0.4 is 10.5 Å². The van der Waals surface area contributed by atoms with Crippen molar-refractivity contribution in [3.8, 4) is 16.9 Å². The van der Waals surface area contributed by atoms with E-state index in [-0.39, 0.29) is 35.8 Å². The van der Waals surface area contributed by atoms with E-state index in [2.05, 4.69) is 4.74 Å². The lowest BCUT2D eigenvalue weighted by atomic mass is 9.88. The smallest absolute Gasteiger partial charge is 0.406 e. The Hall–Kier alpha value is -3.60. The number of alkyl halides is 3. The minimum Gasteiger partial charge on any atom is -0.406 e. The van der Waals surface area contributed by atoms with E-state index in [0.717, 1.165) is 16.6 Å². The quantitative estimate of drug-likeness (QED) is 0.222. The maximum Gasteiger partial charge on any atom is 0.573 e. The number of benzene rings is 3. The molecule has 1 aliphatic heterocycles. The number of nitrogens with zero attached hydrogens (tertiary/aromatic N) is 2. The summed E-state index contributed by atoms with van der Waals surface area (Å²) in [6, 6.07) is 16.2. The summed E-state index contributed by atoms with van der Waals surface area (Å²) in [5.41, 5.74) is 9.94. The highest BCUT2D eigenvalue weighted by atomic mass is 35.5. The summed E-state index contributed by atoms with van der Waals surface area (Å²) in [7, 11) is 1.60. The molecule has 6 nitrogen and oxygen atoms in total. The van der Waals surface area contributed by atoms with E-state index in [4.69, 9.17) is 10.5 Å². The van der Waals surface area contributed by atoms with Gasteiger partial charge in [0.25, 0.3) is 5.91 Å². The van der Waals surface area contributed by atoms with Gasteiger partial charge < -0.3 is 24.7 Å². The third kappa shape index (κ3) is 6.72. The number of carbonyl (C=O) groups is 1. The summed E-state index contributed by atoms with van der Waals surface area (Å²) < 4.78 is 63.9. The van der Waals surface area contributed by atoms with Crippen molar-refractivity contribution in [3.63, 3.8) is 0 Å². The molecule has 0 saturated carbocycles. The number of likely N-dealkylation sites (tertiary alicyclic amines) is 1. The second-order valence-electron chi connectivity index (χ2n) is 10.1. The first-order valence-electron chi connectivity index (χ1n) is 13.4. The number of halogens is 5. The van der Waals surface area contributed by atoms with Gasteiger partial charge in [0.05, 0.1) is 12.2 Å². The molecule has 0 atom stereocenters. The molecular weight excluding hydrogens is 574 g/mol. The number of methoxy groups -OCH3 is 1. The lowest BCUT2D eigenvalue weighted by molar-refractivity contribution is -0.274. The van der Waals surface area contributed by atoms with E-state index in [0.29, 0.717) is 67.7 Å². The molecule has 5 rings (SSSR count). The SMILES string of the molecule is COCCn1cc(C(=O)N2CCC(c3cc(CN)ccc3F)CC2)c2c(-c3ccc(OC(F)(F)F)cc3)cccc21.Cl. The molecule has 3 aromatic carbocycles. The Balaban J connectivity index is 0.00000405. The number of ether oxygens (including phenoxy) is 2. The van der Waals surface area contributed by atoms with Gasteiger partial charge in [0, 0.05) is 50.4 Å². The fourth-order valence-electron chi connectivity index (χ4n) is 5.56. The van der Waals surface area contributed by atoms with Gasteiger partial charge in [-0.05, 0) is 65.3 Å². The molecule has 0 unspecified atom stereocenters. The molecule has 1 saturated heterocycles. The van der Waals surface area contributed by atoms with Crippen LogP contribution in [0, 0.1) is 5.82 Å². The Labute approximate surface area is 247 Å². The van der Waals surface area contributed by atoms with E-state index < -0.39 is 6.36 Å². The molecule has 42 heavy (non-hydrogen) atoms. The maximum atomic E-state index is 14.6. The Morgan fingerprint density at radius 3 is 2.40 bits per heavy atom. The topological polar surface area (TPSA) is 69.7 Å². The number of carbonyl (C=O) groups excluding carboxylic acids is 1. The van der Waals surface area contributed by atoms with Crippen LogP contribution in [-0.2, 0) is 17.8 Å². The Bertz CT molecular complexity index is 1530. The number of nitrogens with two attached hydrogens (primary N) is 1. The molecule has 1 amide bonds. The first-order valence-corrected chi connectivity index (χ1v) is 13.4. The highest BCUT2D eigenvalue weighted by Crippen LogP contribution is 2.36. The zero-order chi connectivity index (χ0) is 29.1. The summed E-state index contributed by atoms with van der Waals surface area (Å²) in [5, 5.41) is 0.710. The van der Waals surface area contributed by atoms with Gasteiger partial charge in [0.2, 0.25) is 0 Å². The molecule has 11 heteroatoms. The molecule has 0 aliphatic carbocycles. The van der Waals surface area contributed by atoms with Crippen molar-refractivity contribution in [3.05, 3.63) is 89.4 Å². The summed E-state index contributed by atoms with van der Waals surface area (Å²) in [5.74, 6) is -0.741. The largest absolute Gasteiger partial charge is 0.573 e. The number of hydrogen-bond acceptors (Lipinski definition) is 4. The molecule has 1 aromatic heterocycles. The highest BCUT2D eigenvalue weighted by molar-refractivity contribution is 6.12. The molecule has 0 radical (unpaired) electrons. The van der Waals surface area contributed by atoms with Crippen LogP contribution in [0.3, 0.4) is 0 Å².